The first kappa shape index (κ1) is 17.1. The van der Waals surface area contributed by atoms with Crippen molar-refractivity contribution in [1.82, 2.24) is 0 Å². The molecule has 0 N–H and O–H groups in total. The van der Waals surface area contributed by atoms with Gasteiger partial charge in [-0.3, -0.25) is 9.79 Å². The van der Waals surface area contributed by atoms with Gasteiger partial charge in [0, 0.05) is 28.8 Å². The molecule has 20 heavy (non-hydrogen) atoms. The maximum Gasteiger partial charge on any atom is 0.302 e. The van der Waals surface area contributed by atoms with E-state index < -0.39 is 8.07 Å². The van der Waals surface area contributed by atoms with E-state index in [9.17, 15) is 4.79 Å². The lowest BCUT2D eigenvalue weighted by Crippen LogP contribution is -2.25. The number of ether oxygens (including phenoxy) is 1. The summed E-state index contributed by atoms with van der Waals surface area (Å²) in [6.45, 7) is 10.7. The van der Waals surface area contributed by atoms with Crippen molar-refractivity contribution < 1.29 is 9.53 Å². The molecule has 0 saturated carbocycles. The molecule has 1 aromatic carbocycles. The van der Waals surface area contributed by atoms with Gasteiger partial charge in [0.1, 0.15) is 6.61 Å². The minimum atomic E-state index is -1.16. The van der Waals surface area contributed by atoms with Crippen molar-refractivity contribution in [3.8, 4) is 0 Å². The van der Waals surface area contributed by atoms with Crippen molar-refractivity contribution >= 4 is 35.7 Å². The number of esters is 1. The monoisotopic (exact) mass is 355 g/mol. The molecule has 0 atom stereocenters. The van der Waals surface area contributed by atoms with Crippen molar-refractivity contribution in [2.24, 2.45) is 4.99 Å². The van der Waals surface area contributed by atoms with Crippen LogP contribution >= 0.6 is 15.9 Å². The van der Waals surface area contributed by atoms with Gasteiger partial charge in [-0.1, -0.05) is 47.7 Å². The Kier molecular flexibility index (Phi) is 6.14. The van der Waals surface area contributed by atoms with E-state index in [1.165, 1.54) is 6.92 Å². The quantitative estimate of drug-likeness (QED) is 0.451. The molecule has 0 saturated heterocycles. The standard InChI is InChI=1S/C15H22BrNO2Si/c1-11(17-10-20(3,4)5)13-6-7-14(15(16)8-13)9-19-12(2)18/h6-8H,9-10H2,1-5H3. The highest BCUT2D eigenvalue weighted by Crippen LogP contribution is 2.20. The van der Waals surface area contributed by atoms with Crippen molar-refractivity contribution in [3.05, 3.63) is 33.8 Å². The molecule has 0 aliphatic heterocycles. The number of hydrogen-bond donors (Lipinski definition) is 0. The van der Waals surface area contributed by atoms with Crippen LogP contribution < -0.4 is 0 Å². The predicted molar refractivity (Wildman–Crippen MR) is 90.0 cm³/mol. The minimum Gasteiger partial charge on any atom is -0.461 e. The highest BCUT2D eigenvalue weighted by Gasteiger charge is 2.12. The summed E-state index contributed by atoms with van der Waals surface area (Å²) < 4.78 is 5.95. The number of carbonyl (C=O) groups excluding carboxylic acids is 1. The topological polar surface area (TPSA) is 38.7 Å². The predicted octanol–water partition coefficient (Wildman–Crippen LogP) is 4.20. The van der Waals surface area contributed by atoms with Crippen LogP contribution in [0.2, 0.25) is 19.6 Å². The van der Waals surface area contributed by atoms with Gasteiger partial charge in [0.25, 0.3) is 0 Å². The van der Waals surface area contributed by atoms with Crippen molar-refractivity contribution in [1.29, 1.82) is 0 Å². The molecule has 3 nitrogen and oxygen atoms in total. The van der Waals surface area contributed by atoms with Gasteiger partial charge in [-0.2, -0.15) is 0 Å². The Bertz CT molecular complexity index is 521. The van der Waals surface area contributed by atoms with Crippen molar-refractivity contribution in [2.45, 2.75) is 40.1 Å². The lowest BCUT2D eigenvalue weighted by atomic mass is 10.1. The van der Waals surface area contributed by atoms with Gasteiger partial charge in [0.2, 0.25) is 0 Å². The molecule has 110 valence electrons. The van der Waals surface area contributed by atoms with Crippen LogP contribution in [0.15, 0.2) is 27.7 Å². The number of nitrogens with zero attached hydrogens (tertiary/aromatic N) is 1. The second kappa shape index (κ2) is 7.18. The Balaban J connectivity index is 2.83. The first-order valence-electron chi connectivity index (χ1n) is 6.62. The molecule has 0 bridgehead atoms. The molecule has 0 spiro atoms. The van der Waals surface area contributed by atoms with Crippen LogP contribution in [-0.2, 0) is 16.1 Å². The largest absolute Gasteiger partial charge is 0.461 e. The number of halogens is 1. The Hall–Kier alpha value is -0.943. The van der Waals surface area contributed by atoms with Gasteiger partial charge < -0.3 is 4.74 Å². The van der Waals surface area contributed by atoms with Crippen LogP contribution in [0.1, 0.15) is 25.0 Å². The molecule has 0 amide bonds. The van der Waals surface area contributed by atoms with Crippen LogP contribution in [0.5, 0.6) is 0 Å². The van der Waals surface area contributed by atoms with E-state index in [0.29, 0.717) is 6.61 Å². The summed E-state index contributed by atoms with van der Waals surface area (Å²) in [7, 11) is -1.16. The van der Waals surface area contributed by atoms with Gasteiger partial charge in [-0.25, -0.2) is 0 Å². The molecule has 5 heteroatoms. The Morgan fingerprint density at radius 3 is 2.45 bits per heavy atom. The van der Waals surface area contributed by atoms with Crippen LogP contribution in [0.3, 0.4) is 0 Å². The van der Waals surface area contributed by atoms with E-state index in [1.807, 2.05) is 25.1 Å². The fraction of sp³-hybridized carbons (Fsp3) is 0.467. The molecular formula is C15H22BrNO2Si. The SMILES string of the molecule is CC(=O)OCc1ccc(C(C)=NC[Si](C)(C)C)cc1Br. The van der Waals surface area contributed by atoms with E-state index in [2.05, 4.69) is 40.6 Å². The minimum absolute atomic E-state index is 0.270. The summed E-state index contributed by atoms with van der Waals surface area (Å²) in [5, 5.41) is 0. The Morgan fingerprint density at radius 2 is 1.95 bits per heavy atom. The Labute approximate surface area is 130 Å². The molecule has 0 fully saturated rings. The van der Waals surface area contributed by atoms with Crippen molar-refractivity contribution in [2.75, 3.05) is 6.17 Å². The van der Waals surface area contributed by atoms with Crippen LogP contribution in [0, 0.1) is 0 Å². The zero-order valence-electron chi connectivity index (χ0n) is 12.8. The summed E-state index contributed by atoms with van der Waals surface area (Å²) >= 11 is 3.52. The third kappa shape index (κ3) is 6.01. The zero-order valence-corrected chi connectivity index (χ0v) is 15.4. The number of aliphatic imine (C=N–C) groups is 1. The van der Waals surface area contributed by atoms with Gasteiger partial charge in [0.15, 0.2) is 0 Å². The molecule has 0 aliphatic carbocycles. The average Bonchev–Trinajstić information content (AvgIpc) is 2.33. The van der Waals surface area contributed by atoms with E-state index in [1.54, 1.807) is 0 Å². The molecule has 1 aromatic rings. The number of carbonyl (C=O) groups is 1. The lowest BCUT2D eigenvalue weighted by Gasteiger charge is -2.13. The summed E-state index contributed by atoms with van der Waals surface area (Å²) in [5.74, 6) is -0.270. The second-order valence-electron chi connectivity index (χ2n) is 6.05. The number of hydrogen-bond acceptors (Lipinski definition) is 3. The highest BCUT2D eigenvalue weighted by atomic mass is 79.9. The highest BCUT2D eigenvalue weighted by molar-refractivity contribution is 9.10. The molecule has 0 aromatic heterocycles. The molecule has 0 unspecified atom stereocenters. The summed E-state index contributed by atoms with van der Waals surface area (Å²) in [6.07, 6.45) is 0.936. The number of benzene rings is 1. The normalized spacial score (nSPS) is 12.4. The molecule has 1 rings (SSSR count). The van der Waals surface area contributed by atoms with Gasteiger partial charge in [-0.05, 0) is 18.6 Å². The maximum atomic E-state index is 10.8. The molecular weight excluding hydrogens is 334 g/mol. The van der Waals surface area contributed by atoms with Crippen LogP contribution in [-0.4, -0.2) is 25.9 Å². The smallest absolute Gasteiger partial charge is 0.302 e. The summed E-state index contributed by atoms with van der Waals surface area (Å²) in [4.78, 5) is 15.5. The molecule has 0 aliphatic rings. The van der Waals surface area contributed by atoms with E-state index in [-0.39, 0.29) is 5.97 Å². The lowest BCUT2D eigenvalue weighted by molar-refractivity contribution is -0.142. The first-order chi connectivity index (χ1) is 9.19. The van der Waals surface area contributed by atoms with Gasteiger partial charge in [0.05, 0.1) is 8.07 Å². The van der Waals surface area contributed by atoms with Gasteiger partial charge >= 0.3 is 5.97 Å². The number of rotatable bonds is 5. The van der Waals surface area contributed by atoms with Gasteiger partial charge in [-0.15, -0.1) is 0 Å². The second-order valence-corrected chi connectivity index (χ2v) is 12.3. The van der Waals surface area contributed by atoms with Crippen LogP contribution in [0.4, 0.5) is 0 Å². The molecule has 0 heterocycles. The first-order valence-corrected chi connectivity index (χ1v) is 11.1. The van der Waals surface area contributed by atoms with Crippen LogP contribution in [0.25, 0.3) is 0 Å². The average molecular weight is 356 g/mol. The summed E-state index contributed by atoms with van der Waals surface area (Å²) in [5.41, 5.74) is 3.11. The fourth-order valence-corrected chi connectivity index (χ4v) is 2.72. The fourth-order valence-electron chi connectivity index (χ4n) is 1.52. The third-order valence-electron chi connectivity index (χ3n) is 2.69. The Morgan fingerprint density at radius 1 is 1.30 bits per heavy atom. The van der Waals surface area contributed by atoms with E-state index >= 15 is 0 Å². The zero-order chi connectivity index (χ0) is 15.3. The maximum absolute atomic E-state index is 10.8. The summed E-state index contributed by atoms with van der Waals surface area (Å²) in [6, 6.07) is 6.02. The third-order valence-corrected chi connectivity index (χ3v) is 4.54. The van der Waals surface area contributed by atoms with E-state index in [0.717, 1.165) is 27.5 Å². The van der Waals surface area contributed by atoms with E-state index in [4.69, 9.17) is 4.74 Å². The van der Waals surface area contributed by atoms with Crippen molar-refractivity contribution in [3.63, 3.8) is 0 Å². The molecule has 0 radical (unpaired) electrons.